The highest BCUT2D eigenvalue weighted by Gasteiger charge is 2.31. The van der Waals surface area contributed by atoms with Gasteiger partial charge in [-0.3, -0.25) is 4.79 Å². The topological polar surface area (TPSA) is 80.5 Å². The van der Waals surface area contributed by atoms with Crippen LogP contribution in [0.3, 0.4) is 0 Å². The van der Waals surface area contributed by atoms with Crippen molar-refractivity contribution in [2.24, 2.45) is 11.1 Å². The van der Waals surface area contributed by atoms with Gasteiger partial charge in [0.25, 0.3) is 0 Å². The van der Waals surface area contributed by atoms with E-state index in [9.17, 15) is 17.6 Å². The van der Waals surface area contributed by atoms with E-state index in [2.05, 4.69) is 0 Å². The zero-order valence-electron chi connectivity index (χ0n) is 15.4. The van der Waals surface area contributed by atoms with Crippen molar-refractivity contribution in [2.75, 3.05) is 6.54 Å². The maximum absolute atomic E-state index is 13.3. The number of nitrogens with two attached hydrogens (primary N) is 1. The van der Waals surface area contributed by atoms with Gasteiger partial charge < -0.3 is 4.90 Å². The Balaban J connectivity index is 1.88. The fourth-order valence-corrected chi connectivity index (χ4v) is 4.14. The van der Waals surface area contributed by atoms with Gasteiger partial charge in [-0.25, -0.2) is 17.9 Å². The molecule has 27 heavy (non-hydrogen) atoms. The van der Waals surface area contributed by atoms with E-state index < -0.39 is 10.0 Å². The van der Waals surface area contributed by atoms with Crippen molar-refractivity contribution in [1.29, 1.82) is 0 Å². The normalized spacial score (nSPS) is 15.5. The van der Waals surface area contributed by atoms with Crippen LogP contribution in [0.5, 0.6) is 0 Å². The smallest absolute Gasteiger partial charge is 0.238 e. The molecule has 2 N–H and O–H groups in total. The van der Waals surface area contributed by atoms with E-state index in [1.807, 2.05) is 13.8 Å². The Bertz CT molecular complexity index is 956. The summed E-state index contributed by atoms with van der Waals surface area (Å²) < 4.78 is 36.5. The monoisotopic (exact) mass is 390 g/mol. The summed E-state index contributed by atoms with van der Waals surface area (Å²) in [5, 5.41) is 5.22. The van der Waals surface area contributed by atoms with E-state index in [0.717, 1.165) is 16.7 Å². The second kappa shape index (κ2) is 7.40. The molecule has 3 rings (SSSR count). The number of hydrogen-bond acceptors (Lipinski definition) is 3. The summed E-state index contributed by atoms with van der Waals surface area (Å²) in [6.45, 7) is 4.82. The van der Waals surface area contributed by atoms with Crippen molar-refractivity contribution in [3.63, 3.8) is 0 Å². The number of hydrogen-bond donors (Lipinski definition) is 1. The van der Waals surface area contributed by atoms with Crippen LogP contribution in [0.25, 0.3) is 0 Å². The van der Waals surface area contributed by atoms with E-state index >= 15 is 0 Å². The van der Waals surface area contributed by atoms with Crippen molar-refractivity contribution in [3.8, 4) is 0 Å². The zero-order chi connectivity index (χ0) is 19.8. The molecule has 144 valence electrons. The van der Waals surface area contributed by atoms with Crippen molar-refractivity contribution < 1.29 is 17.6 Å². The molecule has 0 spiro atoms. The first-order valence-corrected chi connectivity index (χ1v) is 10.4. The average molecular weight is 390 g/mol. The lowest BCUT2D eigenvalue weighted by Gasteiger charge is -2.33. The third-order valence-corrected chi connectivity index (χ3v) is 5.90. The molecule has 0 radical (unpaired) electrons. The average Bonchev–Trinajstić information content (AvgIpc) is 2.61. The van der Waals surface area contributed by atoms with Gasteiger partial charge in [0, 0.05) is 13.1 Å². The van der Waals surface area contributed by atoms with E-state index in [1.165, 1.54) is 18.2 Å². The summed E-state index contributed by atoms with van der Waals surface area (Å²) in [7, 11) is -3.79. The molecule has 1 heterocycles. The van der Waals surface area contributed by atoms with Crippen molar-refractivity contribution in [3.05, 3.63) is 65.0 Å². The molecule has 0 saturated heterocycles. The number of sulfonamides is 1. The van der Waals surface area contributed by atoms with Gasteiger partial charge >= 0.3 is 0 Å². The van der Waals surface area contributed by atoms with Crippen LogP contribution in [-0.2, 0) is 27.8 Å². The molecule has 1 aliphatic rings. The summed E-state index contributed by atoms with van der Waals surface area (Å²) in [4.78, 5) is 15.0. The fraction of sp³-hybridized carbons (Fsp3) is 0.350. The van der Waals surface area contributed by atoms with E-state index in [0.29, 0.717) is 19.5 Å². The van der Waals surface area contributed by atoms with Crippen LogP contribution >= 0.6 is 0 Å². The molecule has 7 heteroatoms. The number of rotatable bonds is 4. The van der Waals surface area contributed by atoms with Crippen LogP contribution < -0.4 is 5.14 Å². The zero-order valence-corrected chi connectivity index (χ0v) is 16.2. The lowest BCUT2D eigenvalue weighted by Crippen LogP contribution is -2.40. The Hall–Kier alpha value is -2.25. The maximum atomic E-state index is 13.3. The number of nitrogens with zero attached hydrogens (tertiary/aromatic N) is 1. The number of fused-ring (bicyclic) bond motifs is 1. The standard InChI is InChI=1S/C20H23FN2O3S/c1-13(2)19(15-3-6-17(21)7-4-15)20(24)23-10-9-14-5-8-18(27(22,25)26)11-16(14)12-23/h3-8,11,13,19H,9-10,12H2,1-2H3,(H2,22,25,26). The van der Waals surface area contributed by atoms with E-state index in [-0.39, 0.29) is 28.5 Å². The maximum Gasteiger partial charge on any atom is 0.238 e. The first-order valence-electron chi connectivity index (χ1n) is 8.85. The Morgan fingerprint density at radius 1 is 1.11 bits per heavy atom. The third-order valence-electron chi connectivity index (χ3n) is 4.99. The van der Waals surface area contributed by atoms with Crippen LogP contribution in [0.15, 0.2) is 47.4 Å². The molecule has 1 amide bonds. The van der Waals surface area contributed by atoms with Gasteiger partial charge in [-0.15, -0.1) is 0 Å². The minimum absolute atomic E-state index is 0.0386. The molecule has 0 saturated carbocycles. The van der Waals surface area contributed by atoms with Crippen LogP contribution in [-0.4, -0.2) is 25.8 Å². The number of carbonyl (C=O) groups excluding carboxylic acids is 1. The molecule has 0 bridgehead atoms. The van der Waals surface area contributed by atoms with Gasteiger partial charge in [0.1, 0.15) is 5.82 Å². The number of carbonyl (C=O) groups is 1. The summed E-state index contributed by atoms with van der Waals surface area (Å²) in [6, 6.07) is 10.8. The first kappa shape index (κ1) is 19.5. The molecule has 1 unspecified atom stereocenters. The lowest BCUT2D eigenvalue weighted by atomic mass is 9.86. The van der Waals surface area contributed by atoms with Crippen molar-refractivity contribution in [2.45, 2.75) is 37.6 Å². The van der Waals surface area contributed by atoms with Crippen LogP contribution in [0, 0.1) is 11.7 Å². The van der Waals surface area contributed by atoms with Crippen LogP contribution in [0.4, 0.5) is 4.39 Å². The Labute approximate surface area is 159 Å². The number of amides is 1. The molecule has 1 aliphatic heterocycles. The summed E-state index contributed by atoms with van der Waals surface area (Å²) in [6.07, 6.45) is 0.653. The first-order chi connectivity index (χ1) is 12.7. The quantitative estimate of drug-likeness (QED) is 0.872. The van der Waals surface area contributed by atoms with Crippen molar-refractivity contribution >= 4 is 15.9 Å². The Morgan fingerprint density at radius 2 is 1.78 bits per heavy atom. The summed E-state index contributed by atoms with van der Waals surface area (Å²) in [5.41, 5.74) is 2.59. The van der Waals surface area contributed by atoms with Crippen molar-refractivity contribution in [1.82, 2.24) is 4.90 Å². The Morgan fingerprint density at radius 3 is 2.37 bits per heavy atom. The minimum atomic E-state index is -3.79. The van der Waals surface area contributed by atoms with Gasteiger partial charge in [-0.2, -0.15) is 0 Å². The molecule has 2 aromatic carbocycles. The third kappa shape index (κ3) is 4.20. The molecule has 0 aromatic heterocycles. The molecular weight excluding hydrogens is 367 g/mol. The summed E-state index contributed by atoms with van der Waals surface area (Å²) >= 11 is 0. The molecule has 0 aliphatic carbocycles. The van der Waals surface area contributed by atoms with Gasteiger partial charge in [0.05, 0.1) is 10.8 Å². The largest absolute Gasteiger partial charge is 0.337 e. The van der Waals surface area contributed by atoms with Gasteiger partial charge in [0.15, 0.2) is 0 Å². The molecule has 0 fully saturated rings. The summed E-state index contributed by atoms with van der Waals surface area (Å²) in [5.74, 6) is -0.715. The molecular formula is C20H23FN2O3S. The van der Waals surface area contributed by atoms with Gasteiger partial charge in [-0.05, 0) is 53.3 Å². The van der Waals surface area contributed by atoms with Gasteiger partial charge in [-0.1, -0.05) is 32.0 Å². The highest BCUT2D eigenvalue weighted by Crippen LogP contribution is 2.30. The fourth-order valence-electron chi connectivity index (χ4n) is 3.58. The second-order valence-corrected chi connectivity index (χ2v) is 8.82. The highest BCUT2D eigenvalue weighted by atomic mass is 32.2. The molecule has 1 atom stereocenters. The predicted molar refractivity (Wildman–Crippen MR) is 101 cm³/mol. The highest BCUT2D eigenvalue weighted by molar-refractivity contribution is 7.89. The predicted octanol–water partition coefficient (Wildman–Crippen LogP) is 2.80. The number of benzene rings is 2. The van der Waals surface area contributed by atoms with Gasteiger partial charge in [0.2, 0.25) is 15.9 Å². The lowest BCUT2D eigenvalue weighted by molar-refractivity contribution is -0.134. The second-order valence-electron chi connectivity index (χ2n) is 7.26. The van der Waals surface area contributed by atoms with Crippen LogP contribution in [0.2, 0.25) is 0 Å². The number of primary sulfonamides is 1. The van der Waals surface area contributed by atoms with E-state index in [4.69, 9.17) is 5.14 Å². The van der Waals surface area contributed by atoms with E-state index in [1.54, 1.807) is 29.2 Å². The SMILES string of the molecule is CC(C)C(C(=O)N1CCc2ccc(S(N)(=O)=O)cc2C1)c1ccc(F)cc1. The minimum Gasteiger partial charge on any atom is -0.337 e. The molecule has 2 aromatic rings. The Kier molecular flexibility index (Phi) is 5.35. The molecule has 5 nitrogen and oxygen atoms in total. The van der Waals surface area contributed by atoms with Crippen LogP contribution in [0.1, 0.15) is 36.5 Å². The number of halogens is 1.